The van der Waals surface area contributed by atoms with E-state index in [9.17, 15) is 0 Å². The van der Waals surface area contributed by atoms with Crippen LogP contribution in [0.4, 0.5) is 0 Å². The lowest BCUT2D eigenvalue weighted by Gasteiger charge is -2.26. The van der Waals surface area contributed by atoms with Gasteiger partial charge in [-0.2, -0.15) is 0 Å². The van der Waals surface area contributed by atoms with E-state index in [1.54, 1.807) is 0 Å². The first-order valence-corrected chi connectivity index (χ1v) is 13.5. The Morgan fingerprint density at radius 1 is 0.857 bits per heavy atom. The van der Waals surface area contributed by atoms with Crippen molar-refractivity contribution in [2.75, 3.05) is 6.61 Å². The average Bonchev–Trinajstić information content (AvgIpc) is 2.99. The first-order chi connectivity index (χ1) is 13.4. The fourth-order valence-corrected chi connectivity index (χ4v) is 4.12. The molecule has 0 aromatic heterocycles. The zero-order valence-electron chi connectivity index (χ0n) is 16.8. The predicted molar refractivity (Wildman–Crippen MR) is 119 cm³/mol. The third kappa shape index (κ3) is 6.22. The van der Waals surface area contributed by atoms with Crippen LogP contribution in [0.5, 0.6) is 0 Å². The molecule has 0 amide bonds. The molecule has 0 aliphatic carbocycles. The predicted octanol–water partition coefficient (Wildman–Crippen LogP) is 4.31. The molecule has 2 aromatic carbocycles. The highest BCUT2D eigenvalue weighted by Gasteiger charge is 2.42. The molecule has 1 heterocycles. The topological polar surface area (TPSA) is 39.7 Å². The van der Waals surface area contributed by atoms with Gasteiger partial charge in [0.05, 0.1) is 25.9 Å². The maximum Gasteiger partial charge on any atom is 0.183 e. The largest absolute Gasteiger partial charge is 0.415 e. The Bertz CT molecular complexity index is 751. The third-order valence-corrected chi connectivity index (χ3v) is 5.92. The molecular formula is C22H29NO3SSi. The zero-order valence-corrected chi connectivity index (χ0v) is 18.6. The molecule has 1 fully saturated rings. The van der Waals surface area contributed by atoms with Gasteiger partial charge < -0.3 is 19.2 Å². The van der Waals surface area contributed by atoms with Crippen molar-refractivity contribution in [2.45, 2.75) is 51.1 Å². The van der Waals surface area contributed by atoms with E-state index in [4.69, 9.17) is 26.1 Å². The van der Waals surface area contributed by atoms with E-state index in [1.165, 1.54) is 0 Å². The molecule has 2 aromatic rings. The van der Waals surface area contributed by atoms with Gasteiger partial charge in [-0.25, -0.2) is 0 Å². The maximum absolute atomic E-state index is 6.30. The van der Waals surface area contributed by atoms with Crippen LogP contribution < -0.4 is 5.32 Å². The standard InChI is InChI=1S/C22H29NO3SSi/c1-28(2,3)26-16-19-20(24-14-17-10-6-4-7-11-17)21(22(27)23-19)25-15-18-12-8-5-9-13-18/h4-13,19-21H,14-16H2,1-3H3,(H,23,27). The fourth-order valence-electron chi connectivity index (χ4n) is 3.08. The summed E-state index contributed by atoms with van der Waals surface area (Å²) in [6.45, 7) is 8.14. The smallest absolute Gasteiger partial charge is 0.183 e. The molecule has 4 nitrogen and oxygen atoms in total. The molecule has 6 heteroatoms. The fraction of sp³-hybridized carbons (Fsp3) is 0.409. The van der Waals surface area contributed by atoms with E-state index in [-0.39, 0.29) is 18.2 Å². The summed E-state index contributed by atoms with van der Waals surface area (Å²) >= 11 is 5.59. The number of thiocarbonyl (C=S) groups is 1. The molecular weight excluding hydrogens is 386 g/mol. The Morgan fingerprint density at radius 2 is 1.39 bits per heavy atom. The van der Waals surface area contributed by atoms with Gasteiger partial charge in [0.15, 0.2) is 8.32 Å². The van der Waals surface area contributed by atoms with Crippen LogP contribution in [0.3, 0.4) is 0 Å². The van der Waals surface area contributed by atoms with Crippen molar-refractivity contribution in [3.05, 3.63) is 71.8 Å². The molecule has 28 heavy (non-hydrogen) atoms. The summed E-state index contributed by atoms with van der Waals surface area (Å²) in [5.74, 6) is 0. The highest BCUT2D eigenvalue weighted by atomic mass is 32.1. The number of ether oxygens (including phenoxy) is 2. The van der Waals surface area contributed by atoms with Crippen molar-refractivity contribution >= 4 is 25.5 Å². The minimum Gasteiger partial charge on any atom is -0.415 e. The van der Waals surface area contributed by atoms with Crippen molar-refractivity contribution in [1.29, 1.82) is 0 Å². The maximum atomic E-state index is 6.30. The number of hydrogen-bond donors (Lipinski definition) is 1. The SMILES string of the molecule is C[Si](C)(C)OCC1NC(=S)C(OCc2ccccc2)C1OCc1ccccc1. The van der Waals surface area contributed by atoms with E-state index in [1.807, 2.05) is 36.4 Å². The molecule has 0 radical (unpaired) electrons. The van der Waals surface area contributed by atoms with Crippen LogP contribution in [0.15, 0.2) is 60.7 Å². The van der Waals surface area contributed by atoms with Crippen LogP contribution in [0.1, 0.15) is 11.1 Å². The Morgan fingerprint density at radius 3 is 1.93 bits per heavy atom. The Kier molecular flexibility index (Phi) is 7.37. The van der Waals surface area contributed by atoms with E-state index >= 15 is 0 Å². The number of benzene rings is 2. The Balaban J connectivity index is 1.68. The Hall–Kier alpha value is -1.57. The van der Waals surface area contributed by atoms with Gasteiger partial charge >= 0.3 is 0 Å². The summed E-state index contributed by atoms with van der Waals surface area (Å²) in [5.41, 5.74) is 2.25. The molecule has 1 aliphatic heterocycles. The quantitative estimate of drug-likeness (QED) is 0.488. The summed E-state index contributed by atoms with van der Waals surface area (Å²) in [6, 6.07) is 20.3. The number of hydrogen-bond acceptors (Lipinski definition) is 4. The average molecular weight is 416 g/mol. The van der Waals surface area contributed by atoms with Gasteiger partial charge in [0.25, 0.3) is 0 Å². The molecule has 0 bridgehead atoms. The van der Waals surface area contributed by atoms with Crippen LogP contribution >= 0.6 is 12.2 Å². The van der Waals surface area contributed by atoms with Crippen molar-refractivity contribution in [3.8, 4) is 0 Å². The van der Waals surface area contributed by atoms with Gasteiger partial charge in [-0.1, -0.05) is 72.9 Å². The molecule has 3 rings (SSSR count). The van der Waals surface area contributed by atoms with Gasteiger partial charge in [0, 0.05) is 0 Å². The van der Waals surface area contributed by atoms with Crippen LogP contribution in [0, 0.1) is 0 Å². The van der Waals surface area contributed by atoms with Crippen LogP contribution in [-0.2, 0) is 27.1 Å². The third-order valence-electron chi connectivity index (χ3n) is 4.53. The highest BCUT2D eigenvalue weighted by molar-refractivity contribution is 7.80. The second-order valence-electron chi connectivity index (χ2n) is 8.02. The lowest BCUT2D eigenvalue weighted by molar-refractivity contribution is -0.0608. The molecule has 150 valence electrons. The van der Waals surface area contributed by atoms with Crippen molar-refractivity contribution < 1.29 is 13.9 Å². The van der Waals surface area contributed by atoms with Crippen LogP contribution in [0.2, 0.25) is 19.6 Å². The lowest BCUT2D eigenvalue weighted by Crippen LogP contribution is -2.42. The van der Waals surface area contributed by atoms with E-state index in [0.717, 1.165) is 11.1 Å². The summed E-state index contributed by atoms with van der Waals surface area (Å²) in [7, 11) is -1.64. The van der Waals surface area contributed by atoms with E-state index < -0.39 is 8.32 Å². The molecule has 1 saturated heterocycles. The Labute approximate surface area is 174 Å². The monoisotopic (exact) mass is 415 g/mol. The first-order valence-electron chi connectivity index (χ1n) is 9.68. The molecule has 1 N–H and O–H groups in total. The van der Waals surface area contributed by atoms with Crippen molar-refractivity contribution in [3.63, 3.8) is 0 Å². The molecule has 3 atom stereocenters. The van der Waals surface area contributed by atoms with Crippen LogP contribution in [0.25, 0.3) is 0 Å². The van der Waals surface area contributed by atoms with Crippen molar-refractivity contribution in [2.24, 2.45) is 0 Å². The van der Waals surface area contributed by atoms with Gasteiger partial charge in [-0.15, -0.1) is 0 Å². The van der Waals surface area contributed by atoms with Crippen molar-refractivity contribution in [1.82, 2.24) is 5.32 Å². The molecule has 1 aliphatic rings. The van der Waals surface area contributed by atoms with Gasteiger partial charge in [-0.05, 0) is 30.8 Å². The second-order valence-corrected chi connectivity index (χ2v) is 13.0. The minimum atomic E-state index is -1.64. The normalized spacial score (nSPS) is 22.2. The van der Waals surface area contributed by atoms with Gasteiger partial charge in [-0.3, -0.25) is 0 Å². The summed E-state index contributed by atoms with van der Waals surface area (Å²) in [4.78, 5) is 0.693. The van der Waals surface area contributed by atoms with Gasteiger partial charge in [0.2, 0.25) is 0 Å². The van der Waals surface area contributed by atoms with Gasteiger partial charge in [0.1, 0.15) is 17.2 Å². The highest BCUT2D eigenvalue weighted by Crippen LogP contribution is 2.22. The molecule has 0 saturated carbocycles. The lowest BCUT2D eigenvalue weighted by atomic mass is 10.1. The zero-order chi connectivity index (χ0) is 20.0. The second kappa shape index (κ2) is 9.76. The molecule has 0 spiro atoms. The summed E-state index contributed by atoms with van der Waals surface area (Å²) in [6.07, 6.45) is -0.470. The van der Waals surface area contributed by atoms with E-state index in [0.29, 0.717) is 24.8 Å². The minimum absolute atomic E-state index is 0.0105. The number of rotatable bonds is 9. The molecule has 3 unspecified atom stereocenters. The van der Waals surface area contributed by atoms with E-state index in [2.05, 4.69) is 49.2 Å². The van der Waals surface area contributed by atoms with Crippen LogP contribution in [-0.4, -0.2) is 38.2 Å². The summed E-state index contributed by atoms with van der Waals surface area (Å²) in [5, 5.41) is 3.38. The number of nitrogens with one attached hydrogen (secondary N) is 1. The summed E-state index contributed by atoms with van der Waals surface area (Å²) < 4.78 is 18.6. The first kappa shape index (κ1) is 21.1.